The predicted octanol–water partition coefficient (Wildman–Crippen LogP) is 1.23. The number of ether oxygens (including phenoxy) is 1. The molecule has 8 heteroatoms. The molecule has 7 nitrogen and oxygen atoms in total. The van der Waals surface area contributed by atoms with E-state index in [1.54, 1.807) is 33.0 Å². The third-order valence-electron chi connectivity index (χ3n) is 3.42. The van der Waals surface area contributed by atoms with E-state index >= 15 is 0 Å². The SMILES string of the molecule is COC(=O)C(C)(C)NC(=O)Cc1nc(-c2ccc(F)cc2)nn1C. The molecule has 1 heterocycles. The standard InChI is InChI=1S/C16H19FN4O3/c1-16(2,15(23)24-4)19-13(22)9-12-18-14(20-21(12)3)10-5-7-11(17)8-6-10/h5-8H,9H2,1-4H3,(H,19,22). The number of aryl methyl sites for hydroxylation is 1. The summed E-state index contributed by atoms with van der Waals surface area (Å²) in [7, 11) is 2.92. The third kappa shape index (κ3) is 3.95. The van der Waals surface area contributed by atoms with Crippen LogP contribution in [-0.2, 0) is 27.8 Å². The number of hydrogen-bond donors (Lipinski definition) is 1. The van der Waals surface area contributed by atoms with Crippen LogP contribution in [-0.4, -0.2) is 39.3 Å². The number of benzene rings is 1. The van der Waals surface area contributed by atoms with Crippen molar-refractivity contribution in [3.05, 3.63) is 35.9 Å². The summed E-state index contributed by atoms with van der Waals surface area (Å²) in [5.41, 5.74) is -0.488. The Balaban J connectivity index is 2.12. The van der Waals surface area contributed by atoms with Gasteiger partial charge in [0.05, 0.1) is 13.5 Å². The molecular weight excluding hydrogens is 315 g/mol. The van der Waals surface area contributed by atoms with E-state index in [4.69, 9.17) is 0 Å². The van der Waals surface area contributed by atoms with Crippen molar-refractivity contribution in [2.45, 2.75) is 25.8 Å². The second-order valence-corrected chi connectivity index (χ2v) is 5.82. The molecule has 2 aromatic rings. The Labute approximate surface area is 138 Å². The lowest BCUT2D eigenvalue weighted by Crippen LogP contribution is -2.50. The molecule has 0 radical (unpaired) electrons. The van der Waals surface area contributed by atoms with Gasteiger partial charge < -0.3 is 10.1 Å². The summed E-state index contributed by atoms with van der Waals surface area (Å²) in [6.07, 6.45) is -0.0505. The number of halogens is 1. The van der Waals surface area contributed by atoms with E-state index in [9.17, 15) is 14.0 Å². The first-order valence-corrected chi connectivity index (χ1v) is 7.28. The van der Waals surface area contributed by atoms with Gasteiger partial charge in [0, 0.05) is 12.6 Å². The molecule has 1 amide bonds. The van der Waals surface area contributed by atoms with Crippen molar-refractivity contribution < 1.29 is 18.7 Å². The van der Waals surface area contributed by atoms with Crippen LogP contribution in [0.3, 0.4) is 0 Å². The highest BCUT2D eigenvalue weighted by Crippen LogP contribution is 2.16. The van der Waals surface area contributed by atoms with Crippen LogP contribution in [0.5, 0.6) is 0 Å². The number of methoxy groups -OCH3 is 1. The third-order valence-corrected chi connectivity index (χ3v) is 3.42. The van der Waals surface area contributed by atoms with Crippen molar-refractivity contribution >= 4 is 11.9 Å². The maximum Gasteiger partial charge on any atom is 0.330 e. The van der Waals surface area contributed by atoms with Crippen LogP contribution >= 0.6 is 0 Å². The normalized spacial score (nSPS) is 11.2. The first-order chi connectivity index (χ1) is 11.2. The number of nitrogens with one attached hydrogen (secondary N) is 1. The van der Waals surface area contributed by atoms with Crippen molar-refractivity contribution in [2.75, 3.05) is 7.11 Å². The fraction of sp³-hybridized carbons (Fsp3) is 0.375. The number of carbonyl (C=O) groups excluding carboxylic acids is 2. The highest BCUT2D eigenvalue weighted by atomic mass is 19.1. The molecule has 0 atom stereocenters. The zero-order valence-corrected chi connectivity index (χ0v) is 14.0. The van der Waals surface area contributed by atoms with Gasteiger partial charge in [-0.3, -0.25) is 9.48 Å². The topological polar surface area (TPSA) is 86.1 Å². The Kier molecular flexibility index (Phi) is 4.96. The zero-order chi connectivity index (χ0) is 17.9. The van der Waals surface area contributed by atoms with E-state index < -0.39 is 11.5 Å². The second kappa shape index (κ2) is 6.77. The van der Waals surface area contributed by atoms with Gasteiger partial charge in [-0.05, 0) is 38.1 Å². The molecule has 0 aliphatic carbocycles. The van der Waals surface area contributed by atoms with Gasteiger partial charge in [-0.1, -0.05) is 0 Å². The Morgan fingerprint density at radius 1 is 1.29 bits per heavy atom. The molecule has 0 aliphatic rings. The largest absolute Gasteiger partial charge is 0.467 e. The van der Waals surface area contributed by atoms with Gasteiger partial charge in [-0.15, -0.1) is 0 Å². The fourth-order valence-electron chi connectivity index (χ4n) is 2.13. The Hall–Kier alpha value is -2.77. The minimum atomic E-state index is -1.13. The molecule has 0 aliphatic heterocycles. The Morgan fingerprint density at radius 3 is 2.50 bits per heavy atom. The molecular formula is C16H19FN4O3. The number of hydrogen-bond acceptors (Lipinski definition) is 5. The molecule has 24 heavy (non-hydrogen) atoms. The number of aromatic nitrogens is 3. The molecule has 1 aromatic carbocycles. The number of amides is 1. The van der Waals surface area contributed by atoms with Crippen molar-refractivity contribution in [2.24, 2.45) is 7.05 Å². The lowest BCUT2D eigenvalue weighted by atomic mass is 10.1. The number of rotatable bonds is 5. The maximum absolute atomic E-state index is 13.0. The van der Waals surface area contributed by atoms with Gasteiger partial charge in [0.15, 0.2) is 5.82 Å². The lowest BCUT2D eigenvalue weighted by molar-refractivity contribution is -0.149. The zero-order valence-electron chi connectivity index (χ0n) is 14.0. The van der Waals surface area contributed by atoms with Gasteiger partial charge in [-0.2, -0.15) is 5.10 Å². The number of nitrogens with zero attached hydrogens (tertiary/aromatic N) is 3. The first-order valence-electron chi connectivity index (χ1n) is 7.28. The molecule has 0 saturated carbocycles. The van der Waals surface area contributed by atoms with Crippen LogP contribution in [0.2, 0.25) is 0 Å². The summed E-state index contributed by atoms with van der Waals surface area (Å²) in [6, 6.07) is 5.76. The Morgan fingerprint density at radius 2 is 1.92 bits per heavy atom. The van der Waals surface area contributed by atoms with Gasteiger partial charge in [0.25, 0.3) is 0 Å². The van der Waals surface area contributed by atoms with E-state index in [0.29, 0.717) is 17.2 Å². The molecule has 0 saturated heterocycles. The molecule has 2 rings (SSSR count). The van der Waals surface area contributed by atoms with E-state index in [1.807, 2.05) is 0 Å². The molecule has 0 unspecified atom stereocenters. The number of carbonyl (C=O) groups is 2. The molecule has 0 fully saturated rings. The van der Waals surface area contributed by atoms with Gasteiger partial charge in [0.2, 0.25) is 5.91 Å². The van der Waals surface area contributed by atoms with E-state index in [2.05, 4.69) is 20.1 Å². The average Bonchev–Trinajstić information content (AvgIpc) is 2.87. The summed E-state index contributed by atoms with van der Waals surface area (Å²) in [6.45, 7) is 3.11. The second-order valence-electron chi connectivity index (χ2n) is 5.82. The van der Waals surface area contributed by atoms with Crippen molar-refractivity contribution in [1.29, 1.82) is 0 Å². The van der Waals surface area contributed by atoms with Crippen LogP contribution in [0.1, 0.15) is 19.7 Å². The highest BCUT2D eigenvalue weighted by molar-refractivity contribution is 5.87. The van der Waals surface area contributed by atoms with Crippen molar-refractivity contribution in [3.63, 3.8) is 0 Å². The van der Waals surface area contributed by atoms with Crippen molar-refractivity contribution in [1.82, 2.24) is 20.1 Å². The van der Waals surface area contributed by atoms with Gasteiger partial charge >= 0.3 is 5.97 Å². The molecule has 0 spiro atoms. The minimum Gasteiger partial charge on any atom is -0.467 e. The maximum atomic E-state index is 13.0. The van der Waals surface area contributed by atoms with E-state index in [0.717, 1.165) is 0 Å². The number of esters is 1. The minimum absolute atomic E-state index is 0.0505. The fourth-order valence-corrected chi connectivity index (χ4v) is 2.13. The van der Waals surface area contributed by atoms with Crippen LogP contribution in [0, 0.1) is 5.82 Å². The molecule has 1 aromatic heterocycles. The summed E-state index contributed by atoms with van der Waals surface area (Å²) < 4.78 is 19.1. The van der Waals surface area contributed by atoms with Gasteiger partial charge in [0.1, 0.15) is 17.2 Å². The molecule has 1 N–H and O–H groups in total. The summed E-state index contributed by atoms with van der Waals surface area (Å²) in [4.78, 5) is 28.0. The van der Waals surface area contributed by atoms with Crippen LogP contribution in [0.4, 0.5) is 4.39 Å². The van der Waals surface area contributed by atoms with Crippen molar-refractivity contribution in [3.8, 4) is 11.4 Å². The van der Waals surface area contributed by atoms with E-state index in [1.165, 1.54) is 23.9 Å². The predicted molar refractivity (Wildman–Crippen MR) is 84.3 cm³/mol. The lowest BCUT2D eigenvalue weighted by Gasteiger charge is -2.22. The van der Waals surface area contributed by atoms with Crippen LogP contribution in [0.15, 0.2) is 24.3 Å². The first kappa shape index (κ1) is 17.6. The monoisotopic (exact) mass is 334 g/mol. The Bertz CT molecular complexity index is 753. The average molecular weight is 334 g/mol. The van der Waals surface area contributed by atoms with Crippen LogP contribution < -0.4 is 5.32 Å². The van der Waals surface area contributed by atoms with E-state index in [-0.39, 0.29) is 18.1 Å². The quantitative estimate of drug-likeness (QED) is 0.831. The summed E-state index contributed by atoms with van der Waals surface area (Å²) in [5, 5.41) is 6.82. The molecule has 128 valence electrons. The summed E-state index contributed by atoms with van der Waals surface area (Å²) in [5.74, 6) is -0.452. The highest BCUT2D eigenvalue weighted by Gasteiger charge is 2.30. The molecule has 0 bridgehead atoms. The smallest absolute Gasteiger partial charge is 0.330 e. The summed E-state index contributed by atoms with van der Waals surface area (Å²) >= 11 is 0. The van der Waals surface area contributed by atoms with Gasteiger partial charge in [-0.25, -0.2) is 14.2 Å². The van der Waals surface area contributed by atoms with Crippen LogP contribution in [0.25, 0.3) is 11.4 Å².